The fraction of sp³-hybridized carbons (Fsp3) is 0.286. The summed E-state index contributed by atoms with van der Waals surface area (Å²) in [6.07, 6.45) is 0.743. The van der Waals surface area contributed by atoms with Crippen molar-refractivity contribution in [3.63, 3.8) is 0 Å². The molecule has 1 N–H and O–H groups in total. The van der Waals surface area contributed by atoms with E-state index in [2.05, 4.69) is 11.4 Å². The van der Waals surface area contributed by atoms with Crippen molar-refractivity contribution in [3.05, 3.63) is 82.4 Å². The molecule has 8 nitrogen and oxygen atoms in total. The van der Waals surface area contributed by atoms with Crippen molar-refractivity contribution in [1.29, 1.82) is 0 Å². The molecule has 6 rings (SSSR count). The van der Waals surface area contributed by atoms with Gasteiger partial charge in [-0.25, -0.2) is 0 Å². The van der Waals surface area contributed by atoms with Gasteiger partial charge in [-0.1, -0.05) is 30.3 Å². The van der Waals surface area contributed by atoms with Crippen LogP contribution in [0, 0.1) is 0 Å². The van der Waals surface area contributed by atoms with Crippen LogP contribution in [0.15, 0.2) is 54.6 Å². The number of hydrogen-bond donors (Lipinski definition) is 1. The first-order valence-corrected chi connectivity index (χ1v) is 11.9. The number of fused-ring (bicyclic) bond motifs is 5. The van der Waals surface area contributed by atoms with Crippen molar-refractivity contribution in [2.45, 2.75) is 24.9 Å². The van der Waals surface area contributed by atoms with E-state index >= 15 is 0 Å². The number of hydrogen-bond acceptors (Lipinski definition) is 6. The number of methoxy groups -OCH3 is 2. The van der Waals surface area contributed by atoms with Gasteiger partial charge in [0, 0.05) is 18.7 Å². The number of carbonyl (C=O) groups is 2. The Morgan fingerprint density at radius 1 is 1.00 bits per heavy atom. The maximum atomic E-state index is 13.9. The lowest BCUT2D eigenvalue weighted by Gasteiger charge is -2.45. The van der Waals surface area contributed by atoms with Crippen LogP contribution in [0.5, 0.6) is 23.0 Å². The molecule has 36 heavy (non-hydrogen) atoms. The molecule has 0 radical (unpaired) electrons. The minimum absolute atomic E-state index is 0.106. The van der Waals surface area contributed by atoms with Gasteiger partial charge in [-0.05, 0) is 52.9 Å². The molecule has 3 heterocycles. The van der Waals surface area contributed by atoms with Crippen molar-refractivity contribution in [2.75, 3.05) is 27.6 Å². The first kappa shape index (κ1) is 22.3. The molecule has 0 bridgehead atoms. The predicted molar refractivity (Wildman–Crippen MR) is 131 cm³/mol. The van der Waals surface area contributed by atoms with Crippen LogP contribution in [0.1, 0.15) is 44.6 Å². The molecule has 3 aliphatic rings. The summed E-state index contributed by atoms with van der Waals surface area (Å²) in [7, 11) is 3.08. The zero-order chi connectivity index (χ0) is 24.8. The van der Waals surface area contributed by atoms with Crippen molar-refractivity contribution < 1.29 is 28.5 Å². The summed E-state index contributed by atoms with van der Waals surface area (Å²) in [5, 5.41) is 3.10. The topological polar surface area (TPSA) is 86.3 Å². The summed E-state index contributed by atoms with van der Waals surface area (Å²) >= 11 is 0. The Balaban J connectivity index is 1.41. The normalized spacial score (nSPS) is 19.2. The van der Waals surface area contributed by atoms with Gasteiger partial charge in [0.25, 0.3) is 5.91 Å². The minimum atomic E-state index is -0.618. The fourth-order valence-corrected chi connectivity index (χ4v) is 5.48. The highest BCUT2D eigenvalue weighted by atomic mass is 16.7. The molecular weight excluding hydrogens is 460 g/mol. The molecule has 0 saturated heterocycles. The summed E-state index contributed by atoms with van der Waals surface area (Å²) < 4.78 is 21.9. The summed E-state index contributed by atoms with van der Waals surface area (Å²) in [5.41, 5.74) is 4.16. The zero-order valence-corrected chi connectivity index (χ0v) is 20.1. The Kier molecular flexibility index (Phi) is 5.44. The Hall–Kier alpha value is -4.20. The van der Waals surface area contributed by atoms with Crippen LogP contribution in [0.2, 0.25) is 0 Å². The molecule has 3 aromatic rings. The monoisotopic (exact) mass is 486 g/mol. The minimum Gasteiger partial charge on any atom is -0.493 e. The molecule has 3 aliphatic heterocycles. The average Bonchev–Trinajstić information content (AvgIpc) is 3.39. The molecule has 0 saturated carbocycles. The number of carbonyl (C=O) groups excluding carboxylic acids is 2. The number of nitrogens with zero attached hydrogens (tertiary/aromatic N) is 1. The van der Waals surface area contributed by atoms with Crippen molar-refractivity contribution in [1.82, 2.24) is 10.2 Å². The highest BCUT2D eigenvalue weighted by Crippen LogP contribution is 2.48. The smallest absolute Gasteiger partial charge is 0.254 e. The second-order valence-electron chi connectivity index (χ2n) is 9.07. The lowest BCUT2D eigenvalue weighted by Crippen LogP contribution is -2.50. The molecule has 2 amide bonds. The molecule has 3 aromatic carbocycles. The van der Waals surface area contributed by atoms with E-state index in [0.29, 0.717) is 47.2 Å². The van der Waals surface area contributed by atoms with E-state index in [9.17, 15) is 9.59 Å². The van der Waals surface area contributed by atoms with Gasteiger partial charge < -0.3 is 29.2 Å². The average molecular weight is 487 g/mol. The summed E-state index contributed by atoms with van der Waals surface area (Å²) in [6.45, 7) is 1.05. The Labute approximate surface area is 208 Å². The predicted octanol–water partition coefficient (Wildman–Crippen LogP) is 3.59. The number of rotatable bonds is 5. The van der Waals surface area contributed by atoms with Gasteiger partial charge in [-0.2, -0.15) is 0 Å². The number of ether oxygens (including phenoxy) is 4. The fourth-order valence-electron chi connectivity index (χ4n) is 5.48. The SMILES string of the molecule is COc1cc2c(cc1OC)[C@@H](C(=O)NCc1ccc3c(c1)OCO3)[C@H]1c3ccccc3CCN1C2=O. The maximum Gasteiger partial charge on any atom is 0.254 e. The summed E-state index contributed by atoms with van der Waals surface area (Å²) in [4.78, 5) is 29.4. The van der Waals surface area contributed by atoms with Gasteiger partial charge in [0.1, 0.15) is 0 Å². The number of amides is 2. The molecule has 0 fully saturated rings. The highest BCUT2D eigenvalue weighted by Gasteiger charge is 2.46. The molecular formula is C28H26N2O6. The molecule has 0 spiro atoms. The van der Waals surface area contributed by atoms with Gasteiger partial charge >= 0.3 is 0 Å². The van der Waals surface area contributed by atoms with Crippen molar-refractivity contribution in [3.8, 4) is 23.0 Å². The van der Waals surface area contributed by atoms with Gasteiger partial charge in [-0.15, -0.1) is 0 Å². The third kappa shape index (κ3) is 3.52. The van der Waals surface area contributed by atoms with E-state index in [-0.39, 0.29) is 18.6 Å². The standard InChI is InChI=1S/C28H26N2O6/c1-33-22-12-19-20(13-23(22)34-2)28(32)30-10-9-17-5-3-4-6-18(17)26(30)25(19)27(31)29-14-16-7-8-21-24(11-16)36-15-35-21/h3-8,11-13,25-26H,9-10,14-15H2,1-2H3,(H,29,31)/t25-,26-/m1/s1. The summed E-state index contributed by atoms with van der Waals surface area (Å²) in [5.74, 6) is 1.41. The highest BCUT2D eigenvalue weighted by molar-refractivity contribution is 6.02. The Morgan fingerprint density at radius 3 is 2.61 bits per heavy atom. The van der Waals surface area contributed by atoms with Gasteiger partial charge in [0.05, 0.1) is 26.2 Å². The molecule has 0 aromatic heterocycles. The van der Waals surface area contributed by atoms with Crippen LogP contribution >= 0.6 is 0 Å². The van der Waals surface area contributed by atoms with Crippen molar-refractivity contribution in [2.24, 2.45) is 0 Å². The molecule has 0 unspecified atom stereocenters. The number of nitrogens with one attached hydrogen (secondary N) is 1. The van der Waals surface area contributed by atoms with Crippen LogP contribution in [-0.4, -0.2) is 44.3 Å². The molecule has 2 atom stereocenters. The van der Waals surface area contributed by atoms with E-state index in [1.54, 1.807) is 19.2 Å². The second-order valence-corrected chi connectivity index (χ2v) is 9.07. The van der Waals surface area contributed by atoms with Crippen LogP contribution in [0.4, 0.5) is 0 Å². The zero-order valence-electron chi connectivity index (χ0n) is 20.1. The largest absolute Gasteiger partial charge is 0.493 e. The van der Waals surface area contributed by atoms with Gasteiger partial charge in [0.2, 0.25) is 12.7 Å². The van der Waals surface area contributed by atoms with E-state index in [4.69, 9.17) is 18.9 Å². The quantitative estimate of drug-likeness (QED) is 0.593. The lowest BCUT2D eigenvalue weighted by atomic mass is 9.75. The number of benzene rings is 3. The van der Waals surface area contributed by atoms with Gasteiger partial charge in [0.15, 0.2) is 23.0 Å². The van der Waals surface area contributed by atoms with E-state index < -0.39 is 12.0 Å². The van der Waals surface area contributed by atoms with E-state index in [1.165, 1.54) is 7.11 Å². The summed E-state index contributed by atoms with van der Waals surface area (Å²) in [6, 6.07) is 16.7. The second kappa shape index (κ2) is 8.78. The van der Waals surface area contributed by atoms with Crippen LogP contribution in [-0.2, 0) is 17.8 Å². The third-order valence-electron chi connectivity index (χ3n) is 7.22. The first-order chi connectivity index (χ1) is 17.6. The first-order valence-electron chi connectivity index (χ1n) is 11.9. The van der Waals surface area contributed by atoms with Gasteiger partial charge in [-0.3, -0.25) is 9.59 Å². The lowest BCUT2D eigenvalue weighted by molar-refractivity contribution is -0.124. The maximum absolute atomic E-state index is 13.9. The Bertz CT molecular complexity index is 1370. The van der Waals surface area contributed by atoms with Crippen LogP contribution in [0.25, 0.3) is 0 Å². The molecule has 184 valence electrons. The molecule has 0 aliphatic carbocycles. The van der Waals surface area contributed by atoms with Crippen LogP contribution in [0.3, 0.4) is 0 Å². The van der Waals surface area contributed by atoms with Crippen molar-refractivity contribution >= 4 is 11.8 Å². The third-order valence-corrected chi connectivity index (χ3v) is 7.22. The van der Waals surface area contributed by atoms with E-state index in [0.717, 1.165) is 23.1 Å². The molecule has 8 heteroatoms. The van der Waals surface area contributed by atoms with Crippen LogP contribution < -0.4 is 24.3 Å². The van der Waals surface area contributed by atoms with E-state index in [1.807, 2.05) is 41.3 Å². The Morgan fingerprint density at radius 2 is 1.78 bits per heavy atom.